The van der Waals surface area contributed by atoms with Crippen LogP contribution in [0.4, 0.5) is 5.00 Å². The van der Waals surface area contributed by atoms with Gasteiger partial charge in [-0.25, -0.2) is 0 Å². The van der Waals surface area contributed by atoms with Crippen LogP contribution in [0.5, 0.6) is 5.75 Å². The van der Waals surface area contributed by atoms with Crippen LogP contribution in [0.1, 0.15) is 68.4 Å². The molecule has 3 heterocycles. The molecule has 0 spiro atoms. The predicted molar refractivity (Wildman–Crippen MR) is 147 cm³/mol. The normalized spacial score (nSPS) is 12.6. The Balaban J connectivity index is 1.92. The van der Waals surface area contributed by atoms with E-state index in [1.807, 2.05) is 46.1 Å². The zero-order valence-corrected chi connectivity index (χ0v) is 23.2. The fourth-order valence-corrected chi connectivity index (χ4v) is 5.26. The van der Waals surface area contributed by atoms with Gasteiger partial charge < -0.3 is 9.64 Å². The van der Waals surface area contributed by atoms with E-state index < -0.39 is 0 Å². The van der Waals surface area contributed by atoms with Crippen molar-refractivity contribution in [2.75, 3.05) is 26.1 Å². The van der Waals surface area contributed by atoms with Gasteiger partial charge in [0, 0.05) is 41.1 Å². The zero-order chi connectivity index (χ0) is 26.2. The second kappa shape index (κ2) is 10.0. The second-order valence-electron chi connectivity index (χ2n) is 10.3. The van der Waals surface area contributed by atoms with Crippen LogP contribution in [0, 0.1) is 5.92 Å². The number of anilines is 1. The van der Waals surface area contributed by atoms with Crippen molar-refractivity contribution >= 4 is 33.8 Å². The van der Waals surface area contributed by atoms with Gasteiger partial charge in [0.15, 0.2) is 17.3 Å². The monoisotopic (exact) mass is 505 g/mol. The van der Waals surface area contributed by atoms with Gasteiger partial charge in [-0.15, -0.1) is 21.5 Å². The molecule has 0 radical (unpaired) electrons. The van der Waals surface area contributed by atoms with E-state index in [0.29, 0.717) is 28.3 Å². The van der Waals surface area contributed by atoms with Crippen LogP contribution in [0.25, 0.3) is 23.1 Å². The summed E-state index contributed by atoms with van der Waals surface area (Å²) in [4.78, 5) is 16.4. The van der Waals surface area contributed by atoms with Crippen LogP contribution >= 0.6 is 11.3 Å². The number of ketones is 1. The van der Waals surface area contributed by atoms with Gasteiger partial charge in [-0.05, 0) is 49.2 Å². The molecule has 1 aromatic carbocycles. The summed E-state index contributed by atoms with van der Waals surface area (Å²) < 4.78 is 7.45. The van der Waals surface area contributed by atoms with Crippen molar-refractivity contribution < 1.29 is 9.53 Å². The van der Waals surface area contributed by atoms with Crippen molar-refractivity contribution in [1.82, 2.24) is 19.8 Å². The summed E-state index contributed by atoms with van der Waals surface area (Å²) in [6, 6.07) is 9.76. The van der Waals surface area contributed by atoms with Gasteiger partial charge in [-0.2, -0.15) is 9.61 Å². The molecule has 4 rings (SSSR count). The van der Waals surface area contributed by atoms with Crippen LogP contribution in [-0.4, -0.2) is 46.8 Å². The van der Waals surface area contributed by atoms with Gasteiger partial charge in [0.25, 0.3) is 0 Å². The average molecular weight is 506 g/mol. The Bertz CT molecular complexity index is 1440. The van der Waals surface area contributed by atoms with Crippen molar-refractivity contribution in [3.8, 4) is 17.1 Å². The third kappa shape index (κ3) is 4.74. The molecule has 0 aliphatic carbocycles. The van der Waals surface area contributed by atoms with Crippen molar-refractivity contribution in [2.24, 2.45) is 5.92 Å². The van der Waals surface area contributed by atoms with E-state index >= 15 is 0 Å². The van der Waals surface area contributed by atoms with Gasteiger partial charge in [-0.3, -0.25) is 4.79 Å². The maximum atomic E-state index is 13.1. The number of rotatable bonds is 8. The van der Waals surface area contributed by atoms with Crippen LogP contribution in [0.2, 0.25) is 0 Å². The van der Waals surface area contributed by atoms with Crippen molar-refractivity contribution in [1.29, 1.82) is 0 Å². The highest BCUT2D eigenvalue weighted by Crippen LogP contribution is 2.32. The smallest absolute Gasteiger partial charge is 0.189 e. The SMILES string of the molecule is CCC(CC)C(=O)c1ccc(OC)c(-c2nnc3/c(=C\c4ccc(N(C)C)s4)c(C(C)(C)C)nn23)c1. The number of hydrogen-bond acceptors (Lipinski definition) is 7. The van der Waals surface area contributed by atoms with Crippen molar-refractivity contribution in [2.45, 2.75) is 52.9 Å². The van der Waals surface area contributed by atoms with Gasteiger partial charge in [0.05, 0.1) is 23.4 Å². The summed E-state index contributed by atoms with van der Waals surface area (Å²) in [7, 11) is 5.70. The molecule has 0 atom stereocenters. The number of Topliss-reactive ketones (excluding diaryl/α,β-unsaturated/α-hetero) is 1. The number of aromatic nitrogens is 4. The lowest BCUT2D eigenvalue weighted by Gasteiger charge is -2.15. The van der Waals surface area contributed by atoms with Gasteiger partial charge in [-0.1, -0.05) is 34.6 Å². The van der Waals surface area contributed by atoms with E-state index in [4.69, 9.17) is 9.84 Å². The molecule has 190 valence electrons. The van der Waals surface area contributed by atoms with E-state index in [1.165, 1.54) is 5.00 Å². The third-order valence-corrected chi connectivity index (χ3v) is 7.67. The summed E-state index contributed by atoms with van der Waals surface area (Å²) in [5.74, 6) is 1.32. The standard InChI is InChI=1S/C28H35N5O2S/c1-9-17(10-2)24(34)18-11-13-22(35-8)20(15-18)26-29-30-27-21(25(28(3,4)5)31-33(26)27)16-19-12-14-23(36-19)32(6)7/h11-17H,9-10H2,1-8H3/b21-16-. The first-order valence-electron chi connectivity index (χ1n) is 12.4. The molecule has 36 heavy (non-hydrogen) atoms. The number of methoxy groups -OCH3 is 1. The maximum absolute atomic E-state index is 13.1. The van der Waals surface area contributed by atoms with E-state index in [-0.39, 0.29) is 17.1 Å². The highest BCUT2D eigenvalue weighted by atomic mass is 32.1. The number of fused-ring (bicyclic) bond motifs is 1. The first kappa shape index (κ1) is 25.8. The maximum Gasteiger partial charge on any atom is 0.189 e. The molecule has 0 saturated heterocycles. The Kier molecular flexibility index (Phi) is 7.18. The van der Waals surface area contributed by atoms with Crippen molar-refractivity contribution in [3.63, 3.8) is 0 Å². The largest absolute Gasteiger partial charge is 0.496 e. The number of thiophene rings is 1. The van der Waals surface area contributed by atoms with Crippen LogP contribution < -0.4 is 14.9 Å². The molecular formula is C28H35N5O2S. The number of hydrogen-bond donors (Lipinski definition) is 0. The molecule has 4 aromatic rings. The molecule has 0 N–H and O–H groups in total. The van der Waals surface area contributed by atoms with Crippen LogP contribution in [0.3, 0.4) is 0 Å². The Labute approximate surface area is 216 Å². The molecule has 0 amide bonds. The molecular weight excluding hydrogens is 470 g/mol. The van der Waals surface area contributed by atoms with E-state index in [0.717, 1.165) is 28.6 Å². The summed E-state index contributed by atoms with van der Waals surface area (Å²) >= 11 is 1.72. The quantitative estimate of drug-likeness (QED) is 0.299. The molecule has 3 aromatic heterocycles. The van der Waals surface area contributed by atoms with Gasteiger partial charge in [0.1, 0.15) is 5.75 Å². The Morgan fingerprint density at radius 3 is 2.44 bits per heavy atom. The van der Waals surface area contributed by atoms with Gasteiger partial charge >= 0.3 is 0 Å². The fraction of sp³-hybridized carbons (Fsp3) is 0.429. The summed E-state index contributed by atoms with van der Waals surface area (Å²) in [6.07, 6.45) is 3.76. The first-order chi connectivity index (χ1) is 17.1. The number of benzene rings is 1. The molecule has 0 fully saturated rings. The number of carbonyl (C=O) groups is 1. The molecule has 0 bridgehead atoms. The molecule has 0 saturated carbocycles. The van der Waals surface area contributed by atoms with E-state index in [9.17, 15) is 4.79 Å². The molecule has 0 aliphatic heterocycles. The minimum Gasteiger partial charge on any atom is -0.496 e. The molecule has 8 heteroatoms. The summed E-state index contributed by atoms with van der Waals surface area (Å²) in [5, 5.41) is 16.2. The zero-order valence-electron chi connectivity index (χ0n) is 22.4. The minimum atomic E-state index is -0.206. The summed E-state index contributed by atoms with van der Waals surface area (Å²) in [6.45, 7) is 10.5. The number of nitrogens with zero attached hydrogens (tertiary/aromatic N) is 5. The van der Waals surface area contributed by atoms with Crippen molar-refractivity contribution in [3.05, 3.63) is 51.7 Å². The predicted octanol–water partition coefficient (Wildman–Crippen LogP) is 5.39. The lowest BCUT2D eigenvalue weighted by atomic mass is 9.91. The summed E-state index contributed by atoms with van der Waals surface area (Å²) in [5.41, 5.74) is 2.78. The lowest BCUT2D eigenvalue weighted by molar-refractivity contribution is 0.0913. The van der Waals surface area contributed by atoms with Crippen LogP contribution in [-0.2, 0) is 5.41 Å². The van der Waals surface area contributed by atoms with Crippen LogP contribution in [0.15, 0.2) is 30.3 Å². The fourth-order valence-electron chi connectivity index (χ4n) is 4.39. The number of carbonyl (C=O) groups excluding carboxylic acids is 1. The topological polar surface area (TPSA) is 72.6 Å². The highest BCUT2D eigenvalue weighted by molar-refractivity contribution is 7.16. The molecule has 0 unspecified atom stereocenters. The van der Waals surface area contributed by atoms with E-state index in [1.54, 1.807) is 23.0 Å². The number of ether oxygens (including phenoxy) is 1. The first-order valence-corrected chi connectivity index (χ1v) is 13.2. The molecule has 7 nitrogen and oxygen atoms in total. The molecule has 0 aliphatic rings. The lowest BCUT2D eigenvalue weighted by Crippen LogP contribution is -2.22. The highest BCUT2D eigenvalue weighted by Gasteiger charge is 2.26. The van der Waals surface area contributed by atoms with E-state index in [2.05, 4.69) is 54.1 Å². The average Bonchev–Trinajstić information content (AvgIpc) is 3.55. The Morgan fingerprint density at radius 2 is 1.86 bits per heavy atom. The minimum absolute atomic E-state index is 0.00624. The second-order valence-corrected chi connectivity index (χ2v) is 11.4. The Hall–Kier alpha value is -3.26. The van der Waals surface area contributed by atoms with Gasteiger partial charge in [0.2, 0.25) is 0 Å². The third-order valence-electron chi connectivity index (χ3n) is 6.47. The Morgan fingerprint density at radius 1 is 1.14 bits per heavy atom.